The van der Waals surface area contributed by atoms with Crippen molar-refractivity contribution in [2.24, 2.45) is 0 Å². The average molecular weight is 248 g/mol. The molecule has 0 fully saturated rings. The second-order valence-electron chi connectivity index (χ2n) is 4.26. The number of carbonyl (C=O) groups excluding carboxylic acids is 1. The largest absolute Gasteiger partial charge is 0.469 e. The third-order valence-corrected chi connectivity index (χ3v) is 6.09. The molecular weight excluding hydrogens is 223 g/mol. The molecule has 0 bridgehead atoms. The Morgan fingerprint density at radius 2 is 1.56 bits per heavy atom. The highest BCUT2D eigenvalue weighted by Crippen LogP contribution is 2.47. The highest BCUT2D eigenvalue weighted by Gasteiger charge is 2.21. The number of hydrogen-bond acceptors (Lipinski definition) is 3. The molecule has 0 aromatic carbocycles. The lowest BCUT2D eigenvalue weighted by Crippen LogP contribution is -2.07. The maximum atomic E-state index is 12.5. The standard InChI is InChI=1S/C12H25O3P/c1-4-6-9-16(14,10-7-5-2)11-8-12(13)15-3/h4-11H2,1-3H3. The van der Waals surface area contributed by atoms with E-state index >= 15 is 0 Å². The smallest absolute Gasteiger partial charge is 0.305 e. The minimum absolute atomic E-state index is 0.242. The molecule has 0 saturated heterocycles. The highest BCUT2D eigenvalue weighted by molar-refractivity contribution is 7.63. The first kappa shape index (κ1) is 15.7. The first-order valence-electron chi connectivity index (χ1n) is 6.22. The van der Waals surface area contributed by atoms with Gasteiger partial charge < -0.3 is 9.30 Å². The van der Waals surface area contributed by atoms with Gasteiger partial charge in [0.15, 0.2) is 0 Å². The summed E-state index contributed by atoms with van der Waals surface area (Å²) in [6.45, 7) is 4.20. The topological polar surface area (TPSA) is 43.4 Å². The van der Waals surface area contributed by atoms with Gasteiger partial charge in [0.1, 0.15) is 0 Å². The van der Waals surface area contributed by atoms with Crippen molar-refractivity contribution in [3.8, 4) is 0 Å². The van der Waals surface area contributed by atoms with E-state index in [4.69, 9.17) is 0 Å². The van der Waals surface area contributed by atoms with Crippen molar-refractivity contribution < 1.29 is 14.1 Å². The van der Waals surface area contributed by atoms with E-state index in [1.807, 2.05) is 0 Å². The van der Waals surface area contributed by atoms with Crippen LogP contribution in [0.4, 0.5) is 0 Å². The van der Waals surface area contributed by atoms with Crippen LogP contribution in [-0.2, 0) is 14.1 Å². The monoisotopic (exact) mass is 248 g/mol. The Morgan fingerprint density at radius 1 is 1.06 bits per heavy atom. The Kier molecular flexibility index (Phi) is 8.64. The van der Waals surface area contributed by atoms with Crippen LogP contribution in [0.25, 0.3) is 0 Å². The summed E-state index contributed by atoms with van der Waals surface area (Å²) in [7, 11) is -0.740. The Bertz CT molecular complexity index is 226. The van der Waals surface area contributed by atoms with Gasteiger partial charge in [-0.2, -0.15) is 0 Å². The molecule has 3 nitrogen and oxygen atoms in total. The summed E-state index contributed by atoms with van der Waals surface area (Å²) in [5.74, 6) is -0.242. The quantitative estimate of drug-likeness (QED) is 0.463. The lowest BCUT2D eigenvalue weighted by atomic mass is 10.4. The highest BCUT2D eigenvalue weighted by atomic mass is 31.2. The SMILES string of the molecule is CCCCP(=O)(CCCC)CCC(=O)OC. The van der Waals surface area contributed by atoms with Crippen molar-refractivity contribution in [1.82, 2.24) is 0 Å². The fourth-order valence-electron chi connectivity index (χ4n) is 1.63. The summed E-state index contributed by atoms with van der Waals surface area (Å²) in [4.78, 5) is 11.1. The number of ether oxygens (including phenoxy) is 1. The number of methoxy groups -OCH3 is 1. The predicted octanol–water partition coefficient (Wildman–Crippen LogP) is 3.51. The van der Waals surface area contributed by atoms with Crippen molar-refractivity contribution in [3.63, 3.8) is 0 Å². The molecule has 0 aliphatic heterocycles. The molecule has 0 heterocycles. The van der Waals surface area contributed by atoms with Crippen molar-refractivity contribution >= 4 is 13.1 Å². The van der Waals surface area contributed by atoms with Crippen LogP contribution >= 0.6 is 7.14 Å². The summed E-state index contributed by atoms with van der Waals surface area (Å²) in [6, 6.07) is 0. The second-order valence-corrected chi connectivity index (χ2v) is 7.72. The fourth-order valence-corrected chi connectivity index (χ4v) is 4.67. The lowest BCUT2D eigenvalue weighted by Gasteiger charge is -2.17. The molecule has 0 N–H and O–H groups in total. The van der Waals surface area contributed by atoms with Gasteiger partial charge in [0.25, 0.3) is 0 Å². The van der Waals surface area contributed by atoms with E-state index in [0.29, 0.717) is 12.6 Å². The van der Waals surface area contributed by atoms with E-state index < -0.39 is 7.14 Å². The Morgan fingerprint density at radius 3 is 1.94 bits per heavy atom. The molecule has 0 aromatic heterocycles. The van der Waals surface area contributed by atoms with Gasteiger partial charge in [-0.05, 0) is 12.8 Å². The first-order valence-corrected chi connectivity index (χ1v) is 8.48. The second kappa shape index (κ2) is 8.81. The Labute approximate surface area is 99.3 Å². The molecule has 0 saturated carbocycles. The molecule has 96 valence electrons. The molecule has 4 heteroatoms. The third-order valence-electron chi connectivity index (χ3n) is 2.79. The van der Waals surface area contributed by atoms with Crippen molar-refractivity contribution in [3.05, 3.63) is 0 Å². The van der Waals surface area contributed by atoms with E-state index in [9.17, 15) is 9.36 Å². The van der Waals surface area contributed by atoms with Crippen LogP contribution in [0.15, 0.2) is 0 Å². The molecular formula is C12H25O3P. The van der Waals surface area contributed by atoms with E-state index in [-0.39, 0.29) is 5.97 Å². The van der Waals surface area contributed by atoms with Crippen molar-refractivity contribution in [1.29, 1.82) is 0 Å². The number of hydrogen-bond donors (Lipinski definition) is 0. The minimum atomic E-state index is -2.12. The molecule has 16 heavy (non-hydrogen) atoms. The zero-order valence-electron chi connectivity index (χ0n) is 10.8. The van der Waals surface area contributed by atoms with Gasteiger partial charge in [-0.25, -0.2) is 0 Å². The van der Waals surface area contributed by atoms with Crippen LogP contribution in [0.5, 0.6) is 0 Å². The van der Waals surface area contributed by atoms with E-state index in [2.05, 4.69) is 18.6 Å². The van der Waals surface area contributed by atoms with Gasteiger partial charge >= 0.3 is 5.97 Å². The summed E-state index contributed by atoms with van der Waals surface area (Å²) in [5, 5.41) is 0. The van der Waals surface area contributed by atoms with Crippen molar-refractivity contribution in [2.45, 2.75) is 46.0 Å². The molecule has 0 amide bonds. The Hall–Kier alpha value is -0.300. The van der Waals surface area contributed by atoms with E-state index in [1.54, 1.807) is 0 Å². The minimum Gasteiger partial charge on any atom is -0.469 e. The molecule has 0 radical (unpaired) electrons. The van der Waals surface area contributed by atoms with Crippen LogP contribution in [0, 0.1) is 0 Å². The summed E-state index contributed by atoms with van der Waals surface area (Å²) >= 11 is 0. The van der Waals surface area contributed by atoms with Crippen LogP contribution < -0.4 is 0 Å². The third kappa shape index (κ3) is 7.05. The number of carbonyl (C=O) groups is 1. The zero-order valence-corrected chi connectivity index (χ0v) is 11.7. The molecule has 0 unspecified atom stereocenters. The maximum absolute atomic E-state index is 12.5. The number of esters is 1. The predicted molar refractivity (Wildman–Crippen MR) is 68.7 cm³/mol. The van der Waals surface area contributed by atoms with Crippen LogP contribution in [-0.4, -0.2) is 31.6 Å². The molecule has 0 atom stereocenters. The van der Waals surface area contributed by atoms with Crippen LogP contribution in [0.2, 0.25) is 0 Å². The maximum Gasteiger partial charge on any atom is 0.305 e. The molecule has 0 aromatic rings. The molecule has 0 aliphatic carbocycles. The normalized spacial score (nSPS) is 11.4. The average Bonchev–Trinajstić information content (AvgIpc) is 2.31. The molecule has 0 spiro atoms. The van der Waals surface area contributed by atoms with Crippen LogP contribution in [0.1, 0.15) is 46.0 Å². The fraction of sp³-hybridized carbons (Fsp3) is 0.917. The van der Waals surface area contributed by atoms with Crippen molar-refractivity contribution in [2.75, 3.05) is 25.6 Å². The van der Waals surface area contributed by atoms with Gasteiger partial charge in [-0.1, -0.05) is 26.7 Å². The van der Waals surface area contributed by atoms with Gasteiger partial charge in [0.2, 0.25) is 0 Å². The summed E-state index contributed by atoms with van der Waals surface area (Å²) in [6.07, 6.45) is 6.55. The first-order chi connectivity index (χ1) is 7.58. The lowest BCUT2D eigenvalue weighted by molar-refractivity contribution is -0.140. The Balaban J connectivity index is 4.17. The van der Waals surface area contributed by atoms with Gasteiger partial charge in [-0.15, -0.1) is 0 Å². The number of rotatable bonds is 9. The summed E-state index contributed by atoms with van der Waals surface area (Å²) in [5.41, 5.74) is 0. The summed E-state index contributed by atoms with van der Waals surface area (Å²) < 4.78 is 17.1. The van der Waals surface area contributed by atoms with Gasteiger partial charge in [-0.3, -0.25) is 4.79 Å². The van der Waals surface area contributed by atoms with E-state index in [0.717, 1.165) is 38.0 Å². The number of unbranched alkanes of at least 4 members (excludes halogenated alkanes) is 2. The molecule has 0 rings (SSSR count). The molecule has 0 aliphatic rings. The zero-order chi connectivity index (χ0) is 12.4. The van der Waals surface area contributed by atoms with Gasteiger partial charge in [0.05, 0.1) is 20.7 Å². The van der Waals surface area contributed by atoms with E-state index in [1.165, 1.54) is 7.11 Å². The van der Waals surface area contributed by atoms with Gasteiger partial charge in [0, 0.05) is 18.5 Å². The van der Waals surface area contributed by atoms with Crippen LogP contribution in [0.3, 0.4) is 0 Å².